The minimum atomic E-state index is -0.541. The van der Waals surface area contributed by atoms with Crippen LogP contribution in [0.3, 0.4) is 0 Å². The number of pyridine rings is 1. The molecule has 1 N–H and O–H groups in total. The second-order valence-corrected chi connectivity index (χ2v) is 3.92. The fourth-order valence-electron chi connectivity index (χ4n) is 1.57. The summed E-state index contributed by atoms with van der Waals surface area (Å²) in [7, 11) is 0. The summed E-state index contributed by atoms with van der Waals surface area (Å²) in [6, 6.07) is 2.49. The molecule has 0 radical (unpaired) electrons. The first kappa shape index (κ1) is 11.6. The second kappa shape index (κ2) is 4.54. The van der Waals surface area contributed by atoms with Crippen LogP contribution >= 0.6 is 11.6 Å². The summed E-state index contributed by atoms with van der Waals surface area (Å²) in [6.07, 6.45) is 0. The highest BCUT2D eigenvalue weighted by atomic mass is 35.5. The highest BCUT2D eigenvalue weighted by Gasteiger charge is 2.20. The van der Waals surface area contributed by atoms with Crippen molar-refractivity contribution in [1.82, 2.24) is 10.3 Å². The molecule has 1 aliphatic heterocycles. The van der Waals surface area contributed by atoms with Crippen LogP contribution in [0.25, 0.3) is 0 Å². The van der Waals surface area contributed by atoms with Crippen LogP contribution in [0.2, 0.25) is 5.15 Å². The number of carbonyl (C=O) groups excluding carboxylic acids is 1. The van der Waals surface area contributed by atoms with Gasteiger partial charge in [-0.25, -0.2) is 4.98 Å². The highest BCUT2D eigenvalue weighted by Crippen LogP contribution is 2.23. The molecule has 1 aromatic rings. The Balaban J connectivity index is 2.31. The zero-order chi connectivity index (χ0) is 12.4. The minimum Gasteiger partial charge on any atom is -0.353 e. The van der Waals surface area contributed by atoms with Gasteiger partial charge in [0.05, 0.1) is 23.6 Å². The summed E-state index contributed by atoms with van der Waals surface area (Å²) in [4.78, 5) is 27.0. The van der Waals surface area contributed by atoms with E-state index in [-0.39, 0.29) is 23.3 Å². The van der Waals surface area contributed by atoms with Crippen molar-refractivity contribution in [2.75, 3.05) is 24.5 Å². The topological polar surface area (TPSA) is 88.4 Å². The number of halogens is 1. The van der Waals surface area contributed by atoms with E-state index in [0.717, 1.165) is 0 Å². The molecule has 0 saturated carbocycles. The molecule has 0 atom stereocenters. The fraction of sp³-hybridized carbons (Fsp3) is 0.333. The second-order valence-electron chi connectivity index (χ2n) is 3.53. The van der Waals surface area contributed by atoms with Crippen molar-refractivity contribution >= 4 is 29.0 Å². The SMILES string of the molecule is O=C1CN(c2cc([N+](=O)[O-])cc(Cl)n2)CCN1. The van der Waals surface area contributed by atoms with E-state index in [0.29, 0.717) is 18.9 Å². The van der Waals surface area contributed by atoms with Crippen LogP contribution in [-0.2, 0) is 4.79 Å². The van der Waals surface area contributed by atoms with Crippen LogP contribution in [0.4, 0.5) is 11.5 Å². The Kier molecular flexibility index (Phi) is 3.10. The first-order chi connectivity index (χ1) is 8.06. The summed E-state index contributed by atoms with van der Waals surface area (Å²) >= 11 is 5.71. The van der Waals surface area contributed by atoms with E-state index in [9.17, 15) is 14.9 Å². The standard InChI is InChI=1S/C9H9ClN4O3/c10-7-3-6(14(16)17)4-8(12-7)13-2-1-11-9(15)5-13/h3-4H,1-2,5H2,(H,11,15). The van der Waals surface area contributed by atoms with E-state index in [4.69, 9.17) is 11.6 Å². The number of anilines is 1. The van der Waals surface area contributed by atoms with E-state index >= 15 is 0 Å². The van der Waals surface area contributed by atoms with Gasteiger partial charge in [-0.2, -0.15) is 0 Å². The van der Waals surface area contributed by atoms with Crippen molar-refractivity contribution in [2.45, 2.75) is 0 Å². The van der Waals surface area contributed by atoms with Gasteiger partial charge in [0.2, 0.25) is 5.91 Å². The van der Waals surface area contributed by atoms with Gasteiger partial charge in [0.25, 0.3) is 5.69 Å². The lowest BCUT2D eigenvalue weighted by Gasteiger charge is -2.27. The molecule has 17 heavy (non-hydrogen) atoms. The summed E-state index contributed by atoms with van der Waals surface area (Å²) in [5.41, 5.74) is -0.133. The van der Waals surface area contributed by atoms with Crippen molar-refractivity contribution in [2.24, 2.45) is 0 Å². The average Bonchev–Trinajstić information content (AvgIpc) is 2.28. The molecule has 2 heterocycles. The largest absolute Gasteiger partial charge is 0.353 e. The first-order valence-electron chi connectivity index (χ1n) is 4.90. The molecular formula is C9H9ClN4O3. The Labute approximate surface area is 102 Å². The third-order valence-corrected chi connectivity index (χ3v) is 2.53. The van der Waals surface area contributed by atoms with Crippen molar-refractivity contribution < 1.29 is 9.72 Å². The van der Waals surface area contributed by atoms with Gasteiger partial charge in [0, 0.05) is 13.1 Å². The lowest BCUT2D eigenvalue weighted by Crippen LogP contribution is -2.48. The quantitative estimate of drug-likeness (QED) is 0.475. The number of rotatable bonds is 2. The van der Waals surface area contributed by atoms with E-state index in [1.165, 1.54) is 12.1 Å². The summed E-state index contributed by atoms with van der Waals surface area (Å²) in [5.74, 6) is 0.208. The molecule has 1 aliphatic rings. The molecule has 0 bridgehead atoms. The fourth-order valence-corrected chi connectivity index (χ4v) is 1.77. The third-order valence-electron chi connectivity index (χ3n) is 2.34. The van der Waals surface area contributed by atoms with Crippen LogP contribution < -0.4 is 10.2 Å². The average molecular weight is 257 g/mol. The predicted octanol–water partition coefficient (Wildman–Crippen LogP) is 0.579. The van der Waals surface area contributed by atoms with Gasteiger partial charge in [0.15, 0.2) is 0 Å². The molecule has 1 aromatic heterocycles. The van der Waals surface area contributed by atoms with Crippen LogP contribution in [0, 0.1) is 10.1 Å². The molecule has 0 aromatic carbocycles. The van der Waals surface area contributed by atoms with Gasteiger partial charge in [-0.15, -0.1) is 0 Å². The minimum absolute atomic E-state index is 0.0418. The summed E-state index contributed by atoms with van der Waals surface area (Å²) < 4.78 is 0. The lowest BCUT2D eigenvalue weighted by atomic mass is 10.3. The number of piperazine rings is 1. The number of nitrogens with one attached hydrogen (secondary N) is 1. The van der Waals surface area contributed by atoms with Crippen molar-refractivity contribution in [3.63, 3.8) is 0 Å². The summed E-state index contributed by atoms with van der Waals surface area (Å²) in [6.45, 7) is 1.17. The normalized spacial score (nSPS) is 15.6. The van der Waals surface area contributed by atoms with Crippen LogP contribution in [-0.4, -0.2) is 35.4 Å². The van der Waals surface area contributed by atoms with Crippen molar-refractivity contribution in [1.29, 1.82) is 0 Å². The molecule has 1 amide bonds. The number of amides is 1. The number of hydrogen-bond donors (Lipinski definition) is 1. The number of hydrogen-bond acceptors (Lipinski definition) is 5. The van der Waals surface area contributed by atoms with Crippen molar-refractivity contribution in [3.8, 4) is 0 Å². The van der Waals surface area contributed by atoms with Crippen LogP contribution in [0.15, 0.2) is 12.1 Å². The number of carbonyl (C=O) groups is 1. The maximum atomic E-state index is 11.2. The molecule has 0 unspecified atom stereocenters. The Morgan fingerprint density at radius 1 is 1.53 bits per heavy atom. The zero-order valence-electron chi connectivity index (χ0n) is 8.72. The number of nitro groups is 1. The molecule has 1 saturated heterocycles. The third kappa shape index (κ3) is 2.62. The Morgan fingerprint density at radius 3 is 2.94 bits per heavy atom. The predicted molar refractivity (Wildman–Crippen MR) is 61.1 cm³/mol. The van der Waals surface area contributed by atoms with E-state index in [1.807, 2.05) is 0 Å². The maximum absolute atomic E-state index is 11.2. The number of aromatic nitrogens is 1. The Morgan fingerprint density at radius 2 is 2.29 bits per heavy atom. The number of nitrogens with zero attached hydrogens (tertiary/aromatic N) is 3. The highest BCUT2D eigenvalue weighted by molar-refractivity contribution is 6.29. The van der Waals surface area contributed by atoms with Crippen molar-refractivity contribution in [3.05, 3.63) is 27.4 Å². The van der Waals surface area contributed by atoms with E-state index in [1.54, 1.807) is 4.90 Å². The lowest BCUT2D eigenvalue weighted by molar-refractivity contribution is -0.384. The molecule has 1 fully saturated rings. The van der Waals surface area contributed by atoms with Crippen LogP contribution in [0.5, 0.6) is 0 Å². The van der Waals surface area contributed by atoms with Gasteiger partial charge in [0.1, 0.15) is 11.0 Å². The van der Waals surface area contributed by atoms with E-state index < -0.39 is 4.92 Å². The maximum Gasteiger partial charge on any atom is 0.276 e. The van der Waals surface area contributed by atoms with Gasteiger partial charge in [-0.1, -0.05) is 11.6 Å². The molecule has 2 rings (SSSR count). The smallest absolute Gasteiger partial charge is 0.276 e. The van der Waals surface area contributed by atoms with Gasteiger partial charge < -0.3 is 10.2 Å². The Hall–Kier alpha value is -1.89. The molecule has 8 heteroatoms. The molecule has 0 spiro atoms. The van der Waals surface area contributed by atoms with Gasteiger partial charge in [-0.3, -0.25) is 14.9 Å². The summed E-state index contributed by atoms with van der Waals surface area (Å²) in [5, 5.41) is 13.4. The van der Waals surface area contributed by atoms with Crippen LogP contribution in [0.1, 0.15) is 0 Å². The van der Waals surface area contributed by atoms with Gasteiger partial charge in [-0.05, 0) is 0 Å². The monoisotopic (exact) mass is 256 g/mol. The molecule has 7 nitrogen and oxygen atoms in total. The molecule has 90 valence electrons. The van der Waals surface area contributed by atoms with Gasteiger partial charge >= 0.3 is 0 Å². The zero-order valence-corrected chi connectivity index (χ0v) is 9.48. The molecule has 0 aliphatic carbocycles. The Bertz CT molecular complexity index is 479. The first-order valence-corrected chi connectivity index (χ1v) is 5.27. The van der Waals surface area contributed by atoms with E-state index in [2.05, 4.69) is 10.3 Å². The molecular weight excluding hydrogens is 248 g/mol.